The fourth-order valence-electron chi connectivity index (χ4n) is 0.986. The molecule has 1 nitrogen and oxygen atoms in total. The van der Waals surface area contributed by atoms with Gasteiger partial charge < -0.3 is 0 Å². The molecule has 0 amide bonds. The summed E-state index contributed by atoms with van der Waals surface area (Å²) in [6.45, 7) is 2.27. The van der Waals surface area contributed by atoms with Crippen LogP contribution in [0.15, 0.2) is 46.6 Å². The number of rotatable bonds is 4. The van der Waals surface area contributed by atoms with Gasteiger partial charge in [-0.25, -0.2) is 0 Å². The summed E-state index contributed by atoms with van der Waals surface area (Å²) in [5.41, 5.74) is 1.38. The first kappa shape index (κ1) is 11.5. The van der Waals surface area contributed by atoms with Crippen LogP contribution in [0.3, 0.4) is 0 Å². The van der Waals surface area contributed by atoms with Crippen molar-refractivity contribution >= 4 is 24.5 Å². The van der Waals surface area contributed by atoms with Gasteiger partial charge in [-0.05, 0) is 0 Å². The van der Waals surface area contributed by atoms with Crippen molar-refractivity contribution in [3.8, 4) is 0 Å². The first-order valence-electron chi connectivity index (χ1n) is 4.49. The molecule has 0 aliphatic rings. The molecule has 74 valence electrons. The summed E-state index contributed by atoms with van der Waals surface area (Å²) in [4.78, 5) is 0. The molecular weight excluding hydrogens is 288 g/mol. The number of allylic oxidation sites excluding steroid dienone is 2. The molecular formula is C12H14OTe. The maximum atomic E-state index is 8.52. The van der Waals surface area contributed by atoms with Crippen molar-refractivity contribution in [1.29, 1.82) is 0 Å². The molecule has 0 aliphatic carbocycles. The van der Waals surface area contributed by atoms with E-state index in [9.17, 15) is 0 Å². The molecule has 1 N–H and O–H groups in total. The Kier molecular flexibility index (Phi) is 5.63. The summed E-state index contributed by atoms with van der Waals surface area (Å²) in [5, 5.41) is 8.52. The molecule has 0 radical (unpaired) electrons. The topological polar surface area (TPSA) is 20.2 Å². The van der Waals surface area contributed by atoms with Crippen LogP contribution in [0.25, 0.3) is 0 Å². The van der Waals surface area contributed by atoms with Crippen molar-refractivity contribution in [2.24, 2.45) is 0 Å². The van der Waals surface area contributed by atoms with E-state index in [0.717, 1.165) is 0 Å². The van der Waals surface area contributed by atoms with Gasteiger partial charge >= 0.3 is 95.4 Å². The molecule has 14 heavy (non-hydrogen) atoms. The Hall–Kier alpha value is -0.550. The third-order valence-electron chi connectivity index (χ3n) is 1.72. The summed E-state index contributed by atoms with van der Waals surface area (Å²) in [6.07, 6.45) is 5.65. The molecule has 0 aliphatic heterocycles. The van der Waals surface area contributed by atoms with Gasteiger partial charge in [0.1, 0.15) is 0 Å². The Balaban J connectivity index is 2.49. The zero-order valence-electron chi connectivity index (χ0n) is 8.18. The van der Waals surface area contributed by atoms with Crippen LogP contribution in [-0.4, -0.2) is 32.6 Å². The van der Waals surface area contributed by atoms with Crippen molar-refractivity contribution < 1.29 is 5.11 Å². The van der Waals surface area contributed by atoms with Gasteiger partial charge in [0.25, 0.3) is 0 Å². The summed E-state index contributed by atoms with van der Waals surface area (Å²) < 4.78 is 3.70. The van der Waals surface area contributed by atoms with Crippen molar-refractivity contribution in [1.82, 2.24) is 0 Å². The van der Waals surface area contributed by atoms with E-state index in [4.69, 9.17) is 5.11 Å². The van der Waals surface area contributed by atoms with Crippen LogP contribution in [0.1, 0.15) is 5.56 Å². The second-order valence-corrected chi connectivity index (χ2v) is 5.53. The summed E-state index contributed by atoms with van der Waals surface area (Å²) in [6, 6.07) is 8.50. The van der Waals surface area contributed by atoms with Crippen LogP contribution in [0.2, 0.25) is 0 Å². The number of aliphatic hydroxyl groups excluding tert-OH is 1. The molecule has 0 saturated carbocycles. The van der Waals surface area contributed by atoms with Crippen LogP contribution in [0.5, 0.6) is 0 Å². The van der Waals surface area contributed by atoms with E-state index in [0.29, 0.717) is 0 Å². The van der Waals surface area contributed by atoms with Gasteiger partial charge in [-0.3, -0.25) is 0 Å². The molecule has 2 heteroatoms. The van der Waals surface area contributed by atoms with Gasteiger partial charge in [0.2, 0.25) is 0 Å². The fourth-order valence-corrected chi connectivity index (χ4v) is 3.06. The van der Waals surface area contributed by atoms with Crippen molar-refractivity contribution in [2.45, 2.75) is 6.92 Å². The molecule has 0 aromatic heterocycles. The molecule has 0 atom stereocenters. The third-order valence-corrected chi connectivity index (χ3v) is 4.59. The predicted molar refractivity (Wildman–Crippen MR) is 61.9 cm³/mol. The number of aliphatic hydroxyl groups is 1. The second kappa shape index (κ2) is 6.84. The molecule has 0 fully saturated rings. The molecule has 1 aromatic carbocycles. The third kappa shape index (κ3) is 4.11. The average Bonchev–Trinajstić information content (AvgIpc) is 2.20. The van der Waals surface area contributed by atoms with Gasteiger partial charge in [-0.2, -0.15) is 0 Å². The predicted octanol–water partition coefficient (Wildman–Crippen LogP) is 1.39. The van der Waals surface area contributed by atoms with Crippen LogP contribution in [-0.2, 0) is 0 Å². The van der Waals surface area contributed by atoms with Crippen molar-refractivity contribution in [2.75, 3.05) is 6.61 Å². The van der Waals surface area contributed by atoms with E-state index >= 15 is 0 Å². The standard InChI is InChI=1S/C12H14OTe/c1-11-7-3-4-8-12(11)14-10-6-2-5-9-13/h2-8,10,13H,9H2,1H3/b5-2+,10-6-. The number of benzene rings is 1. The Morgan fingerprint density at radius 1 is 1.29 bits per heavy atom. The van der Waals surface area contributed by atoms with Gasteiger partial charge in [0.15, 0.2) is 0 Å². The number of aryl methyl sites for hydroxylation is 1. The van der Waals surface area contributed by atoms with E-state index in [-0.39, 0.29) is 27.5 Å². The average molecular weight is 302 g/mol. The normalized spacial score (nSPS) is 11.6. The SMILES string of the molecule is Cc1ccccc1[Te]/C=C\C=C\CO. The molecule has 1 rings (SSSR count). The number of hydrogen-bond acceptors (Lipinski definition) is 1. The molecule has 0 saturated heterocycles. The van der Waals surface area contributed by atoms with Crippen molar-refractivity contribution in [3.05, 3.63) is 52.2 Å². The zero-order valence-corrected chi connectivity index (χ0v) is 10.5. The van der Waals surface area contributed by atoms with E-state index in [2.05, 4.69) is 35.3 Å². The van der Waals surface area contributed by atoms with Gasteiger partial charge in [-0.15, -0.1) is 0 Å². The van der Waals surface area contributed by atoms with Crippen molar-refractivity contribution in [3.63, 3.8) is 0 Å². The monoisotopic (exact) mass is 304 g/mol. The van der Waals surface area contributed by atoms with E-state index in [1.54, 1.807) is 6.08 Å². The van der Waals surface area contributed by atoms with E-state index < -0.39 is 0 Å². The van der Waals surface area contributed by atoms with Crippen LogP contribution in [0.4, 0.5) is 0 Å². The Labute approximate surface area is 95.2 Å². The van der Waals surface area contributed by atoms with Gasteiger partial charge in [0.05, 0.1) is 0 Å². The van der Waals surface area contributed by atoms with Crippen LogP contribution >= 0.6 is 0 Å². The summed E-state index contributed by atoms with van der Waals surface area (Å²) in [5.74, 6) is 0. The fraction of sp³-hybridized carbons (Fsp3) is 0.167. The molecule has 0 unspecified atom stereocenters. The second-order valence-electron chi connectivity index (χ2n) is 2.82. The van der Waals surface area contributed by atoms with E-state index in [1.807, 2.05) is 12.2 Å². The quantitative estimate of drug-likeness (QED) is 0.658. The molecule has 0 heterocycles. The Morgan fingerprint density at radius 3 is 2.79 bits per heavy atom. The molecule has 1 aromatic rings. The Morgan fingerprint density at radius 2 is 2.07 bits per heavy atom. The molecule has 0 bridgehead atoms. The van der Waals surface area contributed by atoms with Gasteiger partial charge in [0, 0.05) is 0 Å². The first-order valence-corrected chi connectivity index (χ1v) is 7.00. The van der Waals surface area contributed by atoms with Crippen LogP contribution in [0, 0.1) is 6.92 Å². The Bertz CT molecular complexity index is 329. The van der Waals surface area contributed by atoms with Gasteiger partial charge in [-0.1, -0.05) is 0 Å². The summed E-state index contributed by atoms with van der Waals surface area (Å²) >= 11 is -0.203. The maximum absolute atomic E-state index is 8.52. The zero-order chi connectivity index (χ0) is 10.2. The minimum atomic E-state index is -0.203. The first-order chi connectivity index (χ1) is 6.84. The van der Waals surface area contributed by atoms with Crippen LogP contribution < -0.4 is 3.61 Å². The number of hydrogen-bond donors (Lipinski definition) is 1. The van der Waals surface area contributed by atoms with E-state index in [1.165, 1.54) is 9.17 Å². The minimum absolute atomic E-state index is 0.120. The summed E-state index contributed by atoms with van der Waals surface area (Å²) in [7, 11) is 0. The molecule has 0 spiro atoms.